The third-order valence-electron chi connectivity index (χ3n) is 4.65. The van der Waals surface area contributed by atoms with E-state index >= 15 is 0 Å². The van der Waals surface area contributed by atoms with Crippen LogP contribution in [0.5, 0.6) is 0 Å². The van der Waals surface area contributed by atoms with Crippen LogP contribution in [0.25, 0.3) is 5.69 Å². The zero-order chi connectivity index (χ0) is 20.2. The summed E-state index contributed by atoms with van der Waals surface area (Å²) >= 11 is 1.54. The maximum Gasteiger partial charge on any atom is 0.357 e. The molecule has 29 heavy (non-hydrogen) atoms. The van der Waals surface area contributed by atoms with Crippen molar-refractivity contribution >= 4 is 29.3 Å². The third kappa shape index (κ3) is 4.51. The summed E-state index contributed by atoms with van der Waals surface area (Å²) in [5.74, 6) is -0.549. The van der Waals surface area contributed by atoms with Crippen molar-refractivity contribution < 1.29 is 14.3 Å². The second-order valence-electron chi connectivity index (χ2n) is 6.80. The van der Waals surface area contributed by atoms with Gasteiger partial charge in [-0.3, -0.25) is 4.79 Å². The zero-order valence-electron chi connectivity index (χ0n) is 16.0. The van der Waals surface area contributed by atoms with Crippen LogP contribution < -0.4 is 5.32 Å². The summed E-state index contributed by atoms with van der Waals surface area (Å²) in [6, 6.07) is 18.7. The normalized spacial score (nSPS) is 13.1. The number of anilines is 1. The molecule has 4 rings (SSSR count). The van der Waals surface area contributed by atoms with Crippen molar-refractivity contribution in [3.63, 3.8) is 0 Å². The molecule has 0 aliphatic heterocycles. The number of amides is 1. The third-order valence-corrected chi connectivity index (χ3v) is 5.45. The molecule has 0 radical (unpaired) electrons. The summed E-state index contributed by atoms with van der Waals surface area (Å²) in [6.07, 6.45) is 4.10. The summed E-state index contributed by atoms with van der Waals surface area (Å²) in [6.45, 7) is -0.361. The van der Waals surface area contributed by atoms with E-state index in [1.165, 1.54) is 11.8 Å². The highest BCUT2D eigenvalue weighted by Gasteiger charge is 2.29. The number of hydrogen-bond donors (Lipinski definition) is 1. The molecule has 1 saturated carbocycles. The summed E-state index contributed by atoms with van der Waals surface area (Å²) in [5, 5.41) is 7.38. The maximum absolute atomic E-state index is 12.7. The lowest BCUT2D eigenvalue weighted by molar-refractivity contribution is -0.119. The standard InChI is InChI=1S/C22H21N3O3S/c1-29-20-10-6-5-9-17(20)23-21(26)14-28-22(27)19-13-18(15-11-12-15)24-25(19)16-7-3-2-4-8-16/h2-10,13,15H,11-12,14H2,1H3,(H,23,26). The number of carbonyl (C=O) groups excluding carboxylic acids is 2. The molecular formula is C22H21N3O3S. The quantitative estimate of drug-likeness (QED) is 0.468. The van der Waals surface area contributed by atoms with Crippen molar-refractivity contribution in [3.8, 4) is 5.69 Å². The first kappa shape index (κ1) is 19.3. The number of aromatic nitrogens is 2. The largest absolute Gasteiger partial charge is 0.451 e. The molecule has 0 saturated heterocycles. The Labute approximate surface area is 173 Å². The van der Waals surface area contributed by atoms with Crippen molar-refractivity contribution in [1.82, 2.24) is 9.78 Å². The number of benzene rings is 2. The Hall–Kier alpha value is -3.06. The highest BCUT2D eigenvalue weighted by molar-refractivity contribution is 7.98. The Bertz CT molecular complexity index is 1030. The van der Waals surface area contributed by atoms with Gasteiger partial charge in [0.25, 0.3) is 5.91 Å². The Kier molecular flexibility index (Phi) is 5.67. The van der Waals surface area contributed by atoms with E-state index in [4.69, 9.17) is 4.74 Å². The van der Waals surface area contributed by atoms with Crippen LogP contribution in [0.3, 0.4) is 0 Å². The minimum atomic E-state index is -0.568. The fraction of sp³-hybridized carbons (Fsp3) is 0.227. The minimum absolute atomic E-state index is 0.329. The van der Waals surface area contributed by atoms with Crippen molar-refractivity contribution in [2.45, 2.75) is 23.7 Å². The fourth-order valence-corrected chi connectivity index (χ4v) is 3.58. The summed E-state index contributed by atoms with van der Waals surface area (Å²) in [4.78, 5) is 25.9. The van der Waals surface area contributed by atoms with Crippen LogP contribution in [-0.4, -0.2) is 34.5 Å². The van der Waals surface area contributed by atoms with Crippen LogP contribution >= 0.6 is 11.8 Å². The Balaban J connectivity index is 1.46. The number of rotatable bonds is 7. The minimum Gasteiger partial charge on any atom is -0.451 e. The predicted octanol–water partition coefficient (Wildman–Crippen LogP) is 4.27. The number of hydrogen-bond acceptors (Lipinski definition) is 5. The van der Waals surface area contributed by atoms with Gasteiger partial charge < -0.3 is 10.1 Å². The van der Waals surface area contributed by atoms with Gasteiger partial charge in [-0.25, -0.2) is 9.48 Å². The van der Waals surface area contributed by atoms with Gasteiger partial charge in [-0.2, -0.15) is 5.10 Å². The first-order valence-electron chi connectivity index (χ1n) is 9.41. The van der Waals surface area contributed by atoms with Crippen LogP contribution in [0.15, 0.2) is 65.6 Å². The first-order valence-corrected chi connectivity index (χ1v) is 10.6. The Morgan fingerprint density at radius 3 is 2.59 bits per heavy atom. The average molecular weight is 407 g/mol. The van der Waals surface area contributed by atoms with Gasteiger partial charge >= 0.3 is 5.97 Å². The molecule has 1 aromatic heterocycles. The number of nitrogens with one attached hydrogen (secondary N) is 1. The van der Waals surface area contributed by atoms with Gasteiger partial charge in [0.2, 0.25) is 0 Å². The number of carbonyl (C=O) groups is 2. The lowest BCUT2D eigenvalue weighted by Crippen LogP contribution is -2.22. The van der Waals surface area contributed by atoms with E-state index in [-0.39, 0.29) is 12.5 Å². The van der Waals surface area contributed by atoms with E-state index in [1.807, 2.05) is 60.9 Å². The zero-order valence-corrected chi connectivity index (χ0v) is 16.8. The lowest BCUT2D eigenvalue weighted by Gasteiger charge is -2.10. The predicted molar refractivity (Wildman–Crippen MR) is 113 cm³/mol. The van der Waals surface area contributed by atoms with E-state index in [1.54, 1.807) is 10.7 Å². The van der Waals surface area contributed by atoms with E-state index in [0.29, 0.717) is 17.3 Å². The Morgan fingerprint density at radius 2 is 1.86 bits per heavy atom. The highest BCUT2D eigenvalue weighted by Crippen LogP contribution is 2.39. The van der Waals surface area contributed by atoms with Crippen LogP contribution in [0, 0.1) is 0 Å². The summed E-state index contributed by atoms with van der Waals surface area (Å²) in [7, 11) is 0. The van der Waals surface area contributed by atoms with Crippen LogP contribution in [0.2, 0.25) is 0 Å². The van der Waals surface area contributed by atoms with Crippen LogP contribution in [-0.2, 0) is 9.53 Å². The van der Waals surface area contributed by atoms with E-state index in [9.17, 15) is 9.59 Å². The molecule has 1 amide bonds. The molecule has 1 N–H and O–H groups in total. The average Bonchev–Trinajstić information content (AvgIpc) is 3.51. The van der Waals surface area contributed by atoms with E-state index < -0.39 is 5.97 Å². The molecule has 2 aromatic carbocycles. The molecule has 0 atom stereocenters. The topological polar surface area (TPSA) is 73.2 Å². The number of ether oxygens (including phenoxy) is 1. The molecule has 148 valence electrons. The number of para-hydroxylation sites is 2. The molecule has 7 heteroatoms. The van der Waals surface area contributed by atoms with Gasteiger partial charge in [0, 0.05) is 10.8 Å². The lowest BCUT2D eigenvalue weighted by atomic mass is 10.2. The Morgan fingerprint density at radius 1 is 1.14 bits per heavy atom. The van der Waals surface area contributed by atoms with Gasteiger partial charge in [0.05, 0.1) is 17.1 Å². The highest BCUT2D eigenvalue weighted by atomic mass is 32.2. The van der Waals surface area contributed by atoms with Gasteiger partial charge in [0.15, 0.2) is 12.3 Å². The molecule has 1 fully saturated rings. The molecule has 1 aliphatic rings. The molecule has 0 bridgehead atoms. The van der Waals surface area contributed by atoms with Crippen LogP contribution in [0.4, 0.5) is 5.69 Å². The molecule has 1 heterocycles. The molecule has 3 aromatic rings. The number of esters is 1. The monoisotopic (exact) mass is 407 g/mol. The van der Waals surface area contributed by atoms with Crippen molar-refractivity contribution in [2.24, 2.45) is 0 Å². The summed E-state index contributed by atoms with van der Waals surface area (Å²) < 4.78 is 6.89. The van der Waals surface area contributed by atoms with Crippen molar-refractivity contribution in [3.05, 3.63) is 72.1 Å². The van der Waals surface area contributed by atoms with E-state index in [0.717, 1.165) is 29.1 Å². The second-order valence-corrected chi connectivity index (χ2v) is 7.65. The van der Waals surface area contributed by atoms with Crippen molar-refractivity contribution in [1.29, 1.82) is 0 Å². The van der Waals surface area contributed by atoms with Gasteiger partial charge in [0.1, 0.15) is 0 Å². The second kappa shape index (κ2) is 8.53. The molecule has 1 aliphatic carbocycles. The van der Waals surface area contributed by atoms with E-state index in [2.05, 4.69) is 10.4 Å². The fourth-order valence-electron chi connectivity index (χ4n) is 3.03. The van der Waals surface area contributed by atoms with Gasteiger partial charge in [-0.05, 0) is 49.4 Å². The maximum atomic E-state index is 12.7. The first-order chi connectivity index (χ1) is 14.2. The molecule has 0 unspecified atom stereocenters. The molecule has 0 spiro atoms. The number of thioether (sulfide) groups is 1. The SMILES string of the molecule is CSc1ccccc1NC(=O)COC(=O)c1cc(C2CC2)nn1-c1ccccc1. The smallest absolute Gasteiger partial charge is 0.357 e. The molecular weight excluding hydrogens is 386 g/mol. The number of nitrogens with zero attached hydrogens (tertiary/aromatic N) is 2. The summed E-state index contributed by atoms with van der Waals surface area (Å²) in [5.41, 5.74) is 2.70. The molecule has 6 nitrogen and oxygen atoms in total. The van der Waals surface area contributed by atoms with Crippen LogP contribution in [0.1, 0.15) is 34.9 Å². The van der Waals surface area contributed by atoms with Gasteiger partial charge in [-0.15, -0.1) is 11.8 Å². The van der Waals surface area contributed by atoms with Gasteiger partial charge in [-0.1, -0.05) is 30.3 Å². The van der Waals surface area contributed by atoms with Crippen molar-refractivity contribution in [2.75, 3.05) is 18.2 Å².